The van der Waals surface area contributed by atoms with Crippen molar-refractivity contribution < 1.29 is 9.32 Å². The fourth-order valence-electron chi connectivity index (χ4n) is 3.74. The van der Waals surface area contributed by atoms with Crippen molar-refractivity contribution in [2.45, 2.75) is 58.5 Å². The van der Waals surface area contributed by atoms with Crippen LogP contribution in [0, 0.1) is 11.3 Å². The molecule has 1 aromatic heterocycles. The van der Waals surface area contributed by atoms with Crippen LogP contribution < -0.4 is 0 Å². The van der Waals surface area contributed by atoms with Crippen molar-refractivity contribution >= 4 is 5.91 Å². The van der Waals surface area contributed by atoms with Gasteiger partial charge in [-0.3, -0.25) is 9.69 Å². The number of rotatable bonds is 8. The average Bonchev–Trinajstić information content (AvgIpc) is 3.16. The molecule has 3 rings (SSSR count). The van der Waals surface area contributed by atoms with Crippen LogP contribution in [0.25, 0.3) is 0 Å². The number of carbonyl (C=O) groups is 1. The van der Waals surface area contributed by atoms with Crippen LogP contribution in [0.3, 0.4) is 0 Å². The zero-order valence-corrected chi connectivity index (χ0v) is 17.3. The number of amides is 1. The smallest absolute Gasteiger partial charge is 0.226 e. The molecule has 0 radical (unpaired) electrons. The van der Waals surface area contributed by atoms with E-state index in [0.29, 0.717) is 24.3 Å². The Hall–Kier alpha value is -2.72. The Bertz CT molecular complexity index is 840. The summed E-state index contributed by atoms with van der Waals surface area (Å²) in [6, 6.07) is 10.1. The molecule has 1 fully saturated rings. The van der Waals surface area contributed by atoms with Crippen LogP contribution in [-0.4, -0.2) is 51.5 Å². The number of benzene rings is 1. The minimum absolute atomic E-state index is 0.189. The van der Waals surface area contributed by atoms with Crippen molar-refractivity contribution in [3.8, 4) is 6.07 Å². The number of hydrogen-bond donors (Lipinski definition) is 0. The molecule has 154 valence electrons. The van der Waals surface area contributed by atoms with Crippen molar-refractivity contribution in [3.63, 3.8) is 0 Å². The maximum Gasteiger partial charge on any atom is 0.226 e. The molecule has 2 aromatic rings. The number of carbonyl (C=O) groups excluding carboxylic acids is 1. The molecule has 1 amide bonds. The van der Waals surface area contributed by atoms with Crippen LogP contribution in [-0.2, 0) is 24.2 Å². The van der Waals surface area contributed by atoms with E-state index in [0.717, 1.165) is 51.3 Å². The summed E-state index contributed by atoms with van der Waals surface area (Å²) in [5, 5.41) is 12.9. The van der Waals surface area contributed by atoms with Gasteiger partial charge >= 0.3 is 0 Å². The highest BCUT2D eigenvalue weighted by Gasteiger charge is 2.27. The fourth-order valence-corrected chi connectivity index (χ4v) is 3.74. The van der Waals surface area contributed by atoms with E-state index in [1.54, 1.807) is 0 Å². The summed E-state index contributed by atoms with van der Waals surface area (Å²) in [5.41, 5.74) is 1.87. The zero-order chi connectivity index (χ0) is 20.6. The van der Waals surface area contributed by atoms with Crippen LogP contribution in [0.5, 0.6) is 0 Å². The number of aromatic nitrogens is 2. The van der Waals surface area contributed by atoms with E-state index in [4.69, 9.17) is 9.78 Å². The maximum atomic E-state index is 12.7. The van der Waals surface area contributed by atoms with Crippen LogP contribution in [0.2, 0.25) is 0 Å². The van der Waals surface area contributed by atoms with Gasteiger partial charge in [0.1, 0.15) is 0 Å². The Labute approximate surface area is 172 Å². The van der Waals surface area contributed by atoms with Crippen molar-refractivity contribution in [2.75, 3.05) is 19.6 Å². The van der Waals surface area contributed by atoms with Gasteiger partial charge in [0.15, 0.2) is 5.82 Å². The largest absolute Gasteiger partial charge is 0.339 e. The number of nitriles is 1. The van der Waals surface area contributed by atoms with E-state index in [9.17, 15) is 4.79 Å². The normalized spacial score (nSPS) is 17.3. The second-order valence-corrected chi connectivity index (χ2v) is 7.69. The summed E-state index contributed by atoms with van der Waals surface area (Å²) in [6.07, 6.45) is 3.70. The van der Waals surface area contributed by atoms with E-state index >= 15 is 0 Å². The van der Waals surface area contributed by atoms with Gasteiger partial charge < -0.3 is 9.42 Å². The van der Waals surface area contributed by atoms with E-state index < -0.39 is 0 Å². The first-order valence-corrected chi connectivity index (χ1v) is 10.4. The molecule has 1 aliphatic rings. The third kappa shape index (κ3) is 5.88. The summed E-state index contributed by atoms with van der Waals surface area (Å²) in [4.78, 5) is 21.4. The van der Waals surface area contributed by atoms with Gasteiger partial charge in [-0.2, -0.15) is 10.2 Å². The Kier molecular flexibility index (Phi) is 7.36. The highest BCUT2D eigenvalue weighted by Crippen LogP contribution is 2.16. The lowest BCUT2D eigenvalue weighted by Crippen LogP contribution is -2.53. The fraction of sp³-hybridized carbons (Fsp3) is 0.545. The molecule has 0 aliphatic carbocycles. The highest BCUT2D eigenvalue weighted by atomic mass is 16.5. The Morgan fingerprint density at radius 1 is 1.28 bits per heavy atom. The van der Waals surface area contributed by atoms with Gasteiger partial charge in [0.25, 0.3) is 0 Å². The third-order valence-electron chi connectivity index (χ3n) is 5.29. The molecular formula is C22H29N5O2. The first kappa shape index (κ1) is 21.0. The SMILES string of the molecule is CCCc1noc(CCCC(=O)N2CCN(Cc3ccc(C#N)cc3)CC2C)n1. The topological polar surface area (TPSA) is 86.3 Å². The summed E-state index contributed by atoms with van der Waals surface area (Å²) in [7, 11) is 0. The molecule has 0 saturated carbocycles. The number of piperazine rings is 1. The van der Waals surface area contributed by atoms with Crippen LogP contribution in [0.4, 0.5) is 0 Å². The van der Waals surface area contributed by atoms with Gasteiger partial charge in [0.05, 0.1) is 11.6 Å². The van der Waals surface area contributed by atoms with Gasteiger partial charge in [-0.1, -0.05) is 24.2 Å². The molecule has 0 N–H and O–H groups in total. The lowest BCUT2D eigenvalue weighted by molar-refractivity contribution is -0.135. The quantitative estimate of drug-likeness (QED) is 0.683. The predicted octanol–water partition coefficient (Wildman–Crippen LogP) is 2.95. The Morgan fingerprint density at radius 3 is 2.76 bits per heavy atom. The minimum Gasteiger partial charge on any atom is -0.339 e. The van der Waals surface area contributed by atoms with E-state index in [2.05, 4.69) is 35.0 Å². The molecule has 29 heavy (non-hydrogen) atoms. The first-order chi connectivity index (χ1) is 14.1. The maximum absolute atomic E-state index is 12.7. The first-order valence-electron chi connectivity index (χ1n) is 10.4. The highest BCUT2D eigenvalue weighted by molar-refractivity contribution is 5.76. The van der Waals surface area contributed by atoms with Crippen LogP contribution >= 0.6 is 0 Å². The monoisotopic (exact) mass is 395 g/mol. The van der Waals surface area contributed by atoms with Crippen molar-refractivity contribution in [3.05, 3.63) is 47.1 Å². The lowest BCUT2D eigenvalue weighted by atomic mass is 10.1. The van der Waals surface area contributed by atoms with Crippen molar-refractivity contribution in [2.24, 2.45) is 0 Å². The predicted molar refractivity (Wildman–Crippen MR) is 109 cm³/mol. The molecule has 2 heterocycles. The van der Waals surface area contributed by atoms with E-state index in [1.807, 2.05) is 29.2 Å². The average molecular weight is 396 g/mol. The van der Waals surface area contributed by atoms with Crippen LogP contribution in [0.1, 0.15) is 56.0 Å². The summed E-state index contributed by atoms with van der Waals surface area (Å²) in [6.45, 7) is 7.50. The van der Waals surface area contributed by atoms with Gasteiger partial charge in [-0.25, -0.2) is 0 Å². The Balaban J connectivity index is 1.42. The van der Waals surface area contributed by atoms with Crippen molar-refractivity contribution in [1.29, 1.82) is 5.26 Å². The van der Waals surface area contributed by atoms with Crippen LogP contribution in [0.15, 0.2) is 28.8 Å². The van der Waals surface area contributed by atoms with Crippen molar-refractivity contribution in [1.82, 2.24) is 19.9 Å². The number of aryl methyl sites for hydroxylation is 2. The van der Waals surface area contributed by atoms with Gasteiger partial charge in [0, 0.05) is 51.5 Å². The molecule has 7 nitrogen and oxygen atoms in total. The lowest BCUT2D eigenvalue weighted by Gasteiger charge is -2.40. The molecule has 1 unspecified atom stereocenters. The van der Waals surface area contributed by atoms with E-state index in [-0.39, 0.29) is 11.9 Å². The molecule has 0 bridgehead atoms. The third-order valence-corrected chi connectivity index (χ3v) is 5.29. The molecule has 1 atom stereocenters. The van der Waals surface area contributed by atoms with E-state index in [1.165, 1.54) is 5.56 Å². The van der Waals surface area contributed by atoms with Gasteiger partial charge in [-0.05, 0) is 37.5 Å². The molecular weight excluding hydrogens is 366 g/mol. The molecule has 1 saturated heterocycles. The van der Waals surface area contributed by atoms with Gasteiger partial charge in [0.2, 0.25) is 11.8 Å². The summed E-state index contributed by atoms with van der Waals surface area (Å²) < 4.78 is 5.24. The molecule has 1 aromatic carbocycles. The second kappa shape index (κ2) is 10.2. The summed E-state index contributed by atoms with van der Waals surface area (Å²) >= 11 is 0. The van der Waals surface area contributed by atoms with Gasteiger partial charge in [-0.15, -0.1) is 0 Å². The minimum atomic E-state index is 0.189. The molecule has 1 aliphatic heterocycles. The second-order valence-electron chi connectivity index (χ2n) is 7.69. The zero-order valence-electron chi connectivity index (χ0n) is 17.3. The molecule has 7 heteroatoms. The molecule has 0 spiro atoms. The standard InChI is InChI=1S/C22H29N5O2/c1-3-5-20-24-21(29-25-20)6-4-7-22(28)27-13-12-26(15-17(27)2)16-19-10-8-18(14-23)9-11-19/h8-11,17H,3-7,12-13,15-16H2,1-2H3. The number of nitrogens with zero attached hydrogens (tertiary/aromatic N) is 5. The Morgan fingerprint density at radius 2 is 2.07 bits per heavy atom. The number of hydrogen-bond acceptors (Lipinski definition) is 6. The summed E-state index contributed by atoms with van der Waals surface area (Å²) in [5.74, 6) is 1.58.